The van der Waals surface area contributed by atoms with Crippen molar-refractivity contribution in [3.05, 3.63) is 46.9 Å². The van der Waals surface area contributed by atoms with Crippen molar-refractivity contribution in [3.8, 4) is 28.7 Å². The molecule has 2 atom stereocenters. The zero-order chi connectivity index (χ0) is 25.8. The monoisotopic (exact) mass is 506 g/mol. The van der Waals surface area contributed by atoms with Crippen molar-refractivity contribution in [2.45, 2.75) is 31.1 Å². The third-order valence-corrected chi connectivity index (χ3v) is 6.22. The molecule has 35 heavy (non-hydrogen) atoms. The molecule has 0 aliphatic carbocycles. The number of ether oxygens (including phenoxy) is 5. The van der Waals surface area contributed by atoms with Gasteiger partial charge in [0.15, 0.2) is 11.5 Å². The van der Waals surface area contributed by atoms with E-state index in [9.17, 15) is 9.00 Å². The van der Waals surface area contributed by atoms with E-state index in [1.54, 1.807) is 48.9 Å². The maximum Gasteiger partial charge on any atom is 0.328 e. The van der Waals surface area contributed by atoms with Gasteiger partial charge in [-0.25, -0.2) is 4.79 Å². The van der Waals surface area contributed by atoms with Crippen molar-refractivity contribution >= 4 is 22.8 Å². The molecule has 0 spiro atoms. The lowest BCUT2D eigenvalue weighted by Gasteiger charge is -2.14. The fourth-order valence-corrected chi connectivity index (χ4v) is 4.15. The Hall–Kier alpha value is -3.08. The number of rotatable bonds is 14. The Labute approximate surface area is 208 Å². The van der Waals surface area contributed by atoms with Crippen LogP contribution in [-0.2, 0) is 21.3 Å². The van der Waals surface area contributed by atoms with Crippen LogP contribution >= 0.6 is 0 Å². The van der Waals surface area contributed by atoms with Crippen molar-refractivity contribution in [1.29, 1.82) is 0 Å². The zero-order valence-corrected chi connectivity index (χ0v) is 21.4. The summed E-state index contributed by atoms with van der Waals surface area (Å²) in [5.41, 5.74) is 12.7. The fourth-order valence-electron chi connectivity index (χ4n) is 3.25. The van der Waals surface area contributed by atoms with Crippen LogP contribution in [0, 0.1) is 0 Å². The molecule has 10 heteroatoms. The van der Waals surface area contributed by atoms with Crippen LogP contribution in [0.5, 0.6) is 28.7 Å². The first-order valence-corrected chi connectivity index (χ1v) is 12.4. The molecule has 2 aromatic rings. The first-order chi connectivity index (χ1) is 16.9. The molecule has 0 aliphatic rings. The number of esters is 1. The highest BCUT2D eigenvalue weighted by molar-refractivity contribution is 7.87. The minimum atomic E-state index is -1.38. The van der Waals surface area contributed by atoms with E-state index in [0.29, 0.717) is 47.1 Å². The van der Waals surface area contributed by atoms with E-state index in [1.807, 2.05) is 0 Å². The Kier molecular flexibility index (Phi) is 11.5. The van der Waals surface area contributed by atoms with Crippen LogP contribution in [0.3, 0.4) is 0 Å². The third-order valence-electron chi connectivity index (χ3n) is 5.16. The molecule has 0 bridgehead atoms. The van der Waals surface area contributed by atoms with Crippen molar-refractivity contribution in [3.63, 3.8) is 0 Å². The van der Waals surface area contributed by atoms with Crippen molar-refractivity contribution in [2.24, 2.45) is 11.5 Å². The molecule has 0 heterocycles. The number of unbranched alkanes of at least 4 members (excludes halogenated alkanes) is 1. The van der Waals surface area contributed by atoms with Gasteiger partial charge in [-0.05, 0) is 43.2 Å². The van der Waals surface area contributed by atoms with E-state index in [0.717, 1.165) is 12.8 Å². The summed E-state index contributed by atoms with van der Waals surface area (Å²) in [5.74, 6) is 1.86. The lowest BCUT2D eigenvalue weighted by atomic mass is 10.1. The Morgan fingerprint density at radius 2 is 1.60 bits per heavy atom. The summed E-state index contributed by atoms with van der Waals surface area (Å²) in [6.45, 7) is 0.543. The number of carbonyl (C=O) groups is 1. The average molecular weight is 507 g/mol. The predicted octanol–water partition coefficient (Wildman–Crippen LogP) is 3.00. The van der Waals surface area contributed by atoms with Gasteiger partial charge in [-0.1, -0.05) is 12.5 Å². The molecule has 9 nitrogen and oxygen atoms in total. The second-order valence-electron chi connectivity index (χ2n) is 7.57. The number of hydrogen-bond acceptors (Lipinski definition) is 9. The van der Waals surface area contributed by atoms with Crippen molar-refractivity contribution < 1.29 is 32.7 Å². The number of carbonyl (C=O) groups excluding carboxylic acids is 1. The maximum absolute atomic E-state index is 12.8. The number of nitrogens with two attached hydrogens (primary N) is 2. The number of benzene rings is 2. The molecule has 0 amide bonds. The molecular formula is C25H34N2O7S. The molecule has 0 saturated heterocycles. The van der Waals surface area contributed by atoms with Gasteiger partial charge in [0.1, 0.15) is 23.3 Å². The summed E-state index contributed by atoms with van der Waals surface area (Å²) in [6.07, 6.45) is 3.68. The van der Waals surface area contributed by atoms with Gasteiger partial charge in [0.25, 0.3) is 0 Å². The summed E-state index contributed by atoms with van der Waals surface area (Å²) >= 11 is 0. The molecule has 0 fully saturated rings. The van der Waals surface area contributed by atoms with Gasteiger partial charge in [-0.15, -0.1) is 0 Å². The second kappa shape index (κ2) is 14.3. The number of methoxy groups -OCH3 is 4. The van der Waals surface area contributed by atoms with Crippen molar-refractivity contribution in [1.82, 2.24) is 0 Å². The Morgan fingerprint density at radius 1 is 0.943 bits per heavy atom. The summed E-state index contributed by atoms with van der Waals surface area (Å²) in [7, 11) is 4.71. The SMILES string of the molecule is COc1cc(OC)c(/C=C/S(=O)Cc2ccc(OC)c(OC(=O)C(N)CCCCN)c2)c(OC)c1. The van der Waals surface area contributed by atoms with Gasteiger partial charge >= 0.3 is 5.97 Å². The van der Waals surface area contributed by atoms with Crippen LogP contribution in [-0.4, -0.2) is 51.2 Å². The molecule has 192 valence electrons. The van der Waals surface area contributed by atoms with E-state index in [-0.39, 0.29) is 11.5 Å². The normalized spacial score (nSPS) is 12.7. The van der Waals surface area contributed by atoms with Gasteiger partial charge in [-0.2, -0.15) is 0 Å². The second-order valence-corrected chi connectivity index (χ2v) is 8.89. The lowest BCUT2D eigenvalue weighted by molar-refractivity contribution is -0.136. The molecule has 2 aromatic carbocycles. The predicted molar refractivity (Wildman–Crippen MR) is 136 cm³/mol. The Balaban J connectivity index is 2.15. The van der Waals surface area contributed by atoms with Gasteiger partial charge in [0.05, 0.1) is 50.6 Å². The molecule has 0 radical (unpaired) electrons. The molecule has 4 N–H and O–H groups in total. The van der Waals surface area contributed by atoms with E-state index in [1.165, 1.54) is 21.3 Å². The Morgan fingerprint density at radius 3 is 2.17 bits per heavy atom. The third kappa shape index (κ3) is 8.27. The summed E-state index contributed by atoms with van der Waals surface area (Å²) < 4.78 is 39.7. The van der Waals surface area contributed by atoms with Crippen LogP contribution in [0.2, 0.25) is 0 Å². The number of hydrogen-bond donors (Lipinski definition) is 2. The van der Waals surface area contributed by atoms with Gasteiger partial charge in [-0.3, -0.25) is 4.21 Å². The Bertz CT molecular complexity index is 1020. The minimum Gasteiger partial charge on any atom is -0.496 e. The van der Waals surface area contributed by atoms with Gasteiger partial charge < -0.3 is 35.2 Å². The summed E-state index contributed by atoms with van der Waals surface area (Å²) in [5, 5.41) is 1.55. The standard InChI is InChI=1S/C25H34N2O7S/c1-30-18-14-22(32-3)19(23(15-18)33-4)10-12-35(29)16-17-8-9-21(31-2)24(13-17)34-25(28)20(27)7-5-6-11-26/h8-10,12-15,20H,5-7,11,16,26-27H2,1-4H3/b12-10+. The van der Waals surface area contributed by atoms with Crippen LogP contribution in [0.15, 0.2) is 35.7 Å². The summed E-state index contributed by atoms with van der Waals surface area (Å²) in [6, 6.07) is 7.73. The van der Waals surface area contributed by atoms with Crippen LogP contribution in [0.4, 0.5) is 0 Å². The molecule has 2 unspecified atom stereocenters. The van der Waals surface area contributed by atoms with E-state index in [4.69, 9.17) is 35.2 Å². The van der Waals surface area contributed by atoms with E-state index in [2.05, 4.69) is 0 Å². The molecule has 0 saturated carbocycles. The van der Waals surface area contributed by atoms with Gasteiger partial charge in [0, 0.05) is 17.5 Å². The minimum absolute atomic E-state index is 0.189. The quantitative estimate of drug-likeness (QED) is 0.225. The van der Waals surface area contributed by atoms with Crippen LogP contribution < -0.4 is 35.2 Å². The first kappa shape index (κ1) is 28.2. The van der Waals surface area contributed by atoms with Crippen molar-refractivity contribution in [2.75, 3.05) is 35.0 Å². The molecule has 0 aliphatic heterocycles. The first-order valence-electron chi connectivity index (χ1n) is 11.1. The van der Waals surface area contributed by atoms with E-state index < -0.39 is 22.8 Å². The van der Waals surface area contributed by atoms with Gasteiger partial charge in [0.2, 0.25) is 0 Å². The smallest absolute Gasteiger partial charge is 0.328 e. The zero-order valence-electron chi connectivity index (χ0n) is 20.6. The van der Waals surface area contributed by atoms with Crippen LogP contribution in [0.1, 0.15) is 30.4 Å². The maximum atomic E-state index is 12.8. The summed E-state index contributed by atoms with van der Waals surface area (Å²) in [4.78, 5) is 12.4. The largest absolute Gasteiger partial charge is 0.496 e. The average Bonchev–Trinajstić information content (AvgIpc) is 2.87. The molecule has 2 rings (SSSR count). The topological polar surface area (TPSA) is 132 Å². The highest BCUT2D eigenvalue weighted by Gasteiger charge is 2.18. The van der Waals surface area contributed by atoms with Crippen LogP contribution in [0.25, 0.3) is 6.08 Å². The lowest BCUT2D eigenvalue weighted by Crippen LogP contribution is -2.34. The molecule has 0 aromatic heterocycles. The fraction of sp³-hybridized carbons (Fsp3) is 0.400. The molecular weight excluding hydrogens is 472 g/mol. The van der Waals surface area contributed by atoms with E-state index >= 15 is 0 Å². The highest BCUT2D eigenvalue weighted by atomic mass is 32.2. The highest BCUT2D eigenvalue weighted by Crippen LogP contribution is 2.35.